The molecule has 5 nitrogen and oxygen atoms in total. The summed E-state index contributed by atoms with van der Waals surface area (Å²) in [6, 6.07) is 10.0. The Bertz CT molecular complexity index is 1140. The molecule has 30 heavy (non-hydrogen) atoms. The van der Waals surface area contributed by atoms with Crippen LogP contribution in [-0.4, -0.2) is 37.1 Å². The number of nitrogens with zero attached hydrogens (tertiary/aromatic N) is 3. The Morgan fingerprint density at radius 1 is 0.967 bits per heavy atom. The monoisotopic (exact) mass is 401 g/mol. The van der Waals surface area contributed by atoms with Crippen LogP contribution in [0, 0.1) is 5.92 Å². The summed E-state index contributed by atoms with van der Waals surface area (Å²) in [6.45, 7) is 6.38. The van der Waals surface area contributed by atoms with Crippen LogP contribution in [0.1, 0.15) is 54.9 Å². The molecule has 0 N–H and O–H groups in total. The summed E-state index contributed by atoms with van der Waals surface area (Å²) in [5, 5.41) is 5.42. The fourth-order valence-electron chi connectivity index (χ4n) is 5.56. The molecule has 0 spiro atoms. The molecule has 2 fully saturated rings. The molecule has 1 aromatic heterocycles. The van der Waals surface area contributed by atoms with Gasteiger partial charge in [0.15, 0.2) is 11.5 Å². The topological polar surface area (TPSA) is 49.6 Å². The summed E-state index contributed by atoms with van der Waals surface area (Å²) in [5.74, 6) is 1.48. The van der Waals surface area contributed by atoms with Crippen molar-refractivity contribution in [1.82, 2.24) is 5.16 Å². The minimum atomic E-state index is 0.102. The lowest BCUT2D eigenvalue weighted by atomic mass is 9.85. The van der Waals surface area contributed by atoms with Gasteiger partial charge < -0.3 is 14.3 Å². The highest BCUT2D eigenvalue weighted by Crippen LogP contribution is 2.47. The zero-order valence-corrected chi connectivity index (χ0v) is 17.5. The first-order valence-corrected chi connectivity index (χ1v) is 11.3. The normalized spacial score (nSPS) is 21.2. The van der Waals surface area contributed by atoms with Gasteiger partial charge in [-0.25, -0.2) is 0 Å². The standard InChI is InChI=1S/C25H27N3O2/c1-16-8-7-13-28(15-16)19-14-20(27-11-5-2-6-12-27)23-22-21(19)24(29)17-9-3-4-10-18(17)25(22)30-26-23/h3-4,9-10,14,16H,2,5-8,11-13,15H2,1H3. The first kappa shape index (κ1) is 18.0. The van der Waals surface area contributed by atoms with Crippen LogP contribution in [0.15, 0.2) is 34.9 Å². The molecule has 2 saturated heterocycles. The van der Waals surface area contributed by atoms with Gasteiger partial charge in [-0.15, -0.1) is 0 Å². The summed E-state index contributed by atoms with van der Waals surface area (Å²) in [5.41, 5.74) is 5.42. The molecule has 3 aliphatic rings. The molecule has 6 rings (SSSR count). The molecule has 154 valence electrons. The van der Waals surface area contributed by atoms with Crippen LogP contribution < -0.4 is 9.80 Å². The van der Waals surface area contributed by atoms with E-state index in [1.165, 1.54) is 32.1 Å². The zero-order valence-electron chi connectivity index (χ0n) is 17.5. The third-order valence-corrected chi connectivity index (χ3v) is 7.05. The molecule has 0 amide bonds. The van der Waals surface area contributed by atoms with Crippen molar-refractivity contribution in [3.8, 4) is 11.3 Å². The molecule has 0 radical (unpaired) electrons. The summed E-state index contributed by atoms with van der Waals surface area (Å²) < 4.78 is 5.92. The predicted octanol–water partition coefficient (Wildman–Crippen LogP) is 5.27. The van der Waals surface area contributed by atoms with Gasteiger partial charge in [0.2, 0.25) is 0 Å². The van der Waals surface area contributed by atoms with E-state index in [0.717, 1.165) is 70.9 Å². The van der Waals surface area contributed by atoms with E-state index in [-0.39, 0.29) is 5.78 Å². The number of carbonyl (C=O) groups is 1. The van der Waals surface area contributed by atoms with Crippen molar-refractivity contribution in [2.24, 2.45) is 5.92 Å². The molecule has 1 aliphatic carbocycles. The Morgan fingerprint density at radius 3 is 2.53 bits per heavy atom. The molecule has 2 aliphatic heterocycles. The highest BCUT2D eigenvalue weighted by atomic mass is 16.5. The third kappa shape index (κ3) is 2.60. The van der Waals surface area contributed by atoms with Crippen molar-refractivity contribution >= 4 is 28.1 Å². The molecule has 5 heteroatoms. The maximum atomic E-state index is 13.7. The molecular formula is C25H27N3O2. The number of fused-ring (bicyclic) bond motifs is 2. The molecule has 3 aromatic rings. The maximum absolute atomic E-state index is 13.7. The van der Waals surface area contributed by atoms with Crippen molar-refractivity contribution in [3.63, 3.8) is 0 Å². The van der Waals surface area contributed by atoms with Crippen molar-refractivity contribution in [2.75, 3.05) is 36.0 Å². The second-order valence-electron chi connectivity index (χ2n) is 9.14. The number of benzene rings is 2. The number of anilines is 2. The van der Waals surface area contributed by atoms with E-state index >= 15 is 0 Å². The van der Waals surface area contributed by atoms with E-state index in [1.807, 2.05) is 24.3 Å². The van der Waals surface area contributed by atoms with Crippen LogP contribution in [0.4, 0.5) is 11.4 Å². The van der Waals surface area contributed by atoms with Crippen LogP contribution in [0.2, 0.25) is 0 Å². The van der Waals surface area contributed by atoms with Gasteiger partial charge in [-0.05, 0) is 44.1 Å². The Hall–Kier alpha value is -2.82. The fourth-order valence-corrected chi connectivity index (χ4v) is 5.56. The van der Waals surface area contributed by atoms with E-state index in [9.17, 15) is 4.79 Å². The first-order chi connectivity index (χ1) is 14.7. The highest BCUT2D eigenvalue weighted by Gasteiger charge is 2.35. The van der Waals surface area contributed by atoms with Crippen LogP contribution >= 0.6 is 0 Å². The van der Waals surface area contributed by atoms with Crippen LogP contribution in [0.25, 0.3) is 22.2 Å². The van der Waals surface area contributed by atoms with Crippen LogP contribution in [-0.2, 0) is 0 Å². The number of piperidine rings is 2. The SMILES string of the molecule is CC1CCCN(c2cc(N3CCCCC3)c3noc4c3c2C(=O)c2ccccc2-4)C1. The van der Waals surface area contributed by atoms with Gasteiger partial charge in [-0.3, -0.25) is 4.79 Å². The zero-order chi connectivity index (χ0) is 20.2. The maximum Gasteiger partial charge on any atom is 0.196 e. The van der Waals surface area contributed by atoms with Gasteiger partial charge in [0.25, 0.3) is 0 Å². The van der Waals surface area contributed by atoms with E-state index < -0.39 is 0 Å². The van der Waals surface area contributed by atoms with Gasteiger partial charge in [-0.1, -0.05) is 36.3 Å². The molecule has 0 saturated carbocycles. The number of hydrogen-bond donors (Lipinski definition) is 0. The number of carbonyl (C=O) groups excluding carboxylic acids is 1. The lowest BCUT2D eigenvalue weighted by Gasteiger charge is -2.36. The Labute approximate surface area is 176 Å². The van der Waals surface area contributed by atoms with E-state index in [2.05, 4.69) is 27.9 Å². The van der Waals surface area contributed by atoms with Crippen LogP contribution in [0.3, 0.4) is 0 Å². The molecule has 1 atom stereocenters. The molecule has 1 unspecified atom stereocenters. The fraction of sp³-hybridized carbons (Fsp3) is 0.440. The van der Waals surface area contributed by atoms with Crippen LogP contribution in [0.5, 0.6) is 0 Å². The van der Waals surface area contributed by atoms with E-state index in [1.54, 1.807) is 0 Å². The molecule has 2 aromatic carbocycles. The van der Waals surface area contributed by atoms with E-state index in [0.29, 0.717) is 5.92 Å². The van der Waals surface area contributed by atoms with Gasteiger partial charge in [0, 0.05) is 37.3 Å². The van der Waals surface area contributed by atoms with Gasteiger partial charge in [0.05, 0.1) is 22.3 Å². The Morgan fingerprint density at radius 2 is 1.73 bits per heavy atom. The average Bonchev–Trinajstić information content (AvgIpc) is 3.23. The first-order valence-electron chi connectivity index (χ1n) is 11.3. The Kier molecular flexibility index (Phi) is 4.12. The van der Waals surface area contributed by atoms with Crippen molar-refractivity contribution in [3.05, 3.63) is 41.5 Å². The smallest absolute Gasteiger partial charge is 0.196 e. The second kappa shape index (κ2) is 6.86. The second-order valence-corrected chi connectivity index (χ2v) is 9.14. The summed E-state index contributed by atoms with van der Waals surface area (Å²) in [7, 11) is 0. The van der Waals surface area contributed by atoms with Crippen molar-refractivity contribution < 1.29 is 9.32 Å². The summed E-state index contributed by atoms with van der Waals surface area (Å²) >= 11 is 0. The number of ketones is 1. The van der Waals surface area contributed by atoms with Gasteiger partial charge >= 0.3 is 0 Å². The summed E-state index contributed by atoms with van der Waals surface area (Å²) in [6.07, 6.45) is 6.10. The minimum absolute atomic E-state index is 0.102. The van der Waals surface area contributed by atoms with Gasteiger partial charge in [0.1, 0.15) is 5.52 Å². The summed E-state index contributed by atoms with van der Waals surface area (Å²) in [4.78, 5) is 18.6. The lowest BCUT2D eigenvalue weighted by Crippen LogP contribution is -2.36. The quantitative estimate of drug-likeness (QED) is 0.458. The Balaban J connectivity index is 1.63. The highest BCUT2D eigenvalue weighted by molar-refractivity contribution is 6.28. The molecule has 0 bridgehead atoms. The number of rotatable bonds is 2. The largest absolute Gasteiger partial charge is 0.371 e. The number of hydrogen-bond acceptors (Lipinski definition) is 5. The van der Waals surface area contributed by atoms with Crippen molar-refractivity contribution in [2.45, 2.75) is 39.0 Å². The lowest BCUT2D eigenvalue weighted by molar-refractivity contribution is 0.104. The molecule has 3 heterocycles. The van der Waals surface area contributed by atoms with E-state index in [4.69, 9.17) is 4.52 Å². The van der Waals surface area contributed by atoms with Crippen molar-refractivity contribution in [1.29, 1.82) is 0 Å². The minimum Gasteiger partial charge on any atom is -0.371 e. The van der Waals surface area contributed by atoms with Gasteiger partial charge in [-0.2, -0.15) is 0 Å². The number of aromatic nitrogens is 1. The third-order valence-electron chi connectivity index (χ3n) is 7.05. The average molecular weight is 402 g/mol. The predicted molar refractivity (Wildman–Crippen MR) is 120 cm³/mol. The molecular weight excluding hydrogens is 374 g/mol.